The average Bonchev–Trinajstić information content (AvgIpc) is 3.59. The van der Waals surface area contributed by atoms with Crippen LogP contribution in [0.1, 0.15) is 0 Å². The highest BCUT2D eigenvalue weighted by atomic mass is 32.1. The zero-order chi connectivity index (χ0) is 26.2. The third kappa shape index (κ3) is 2.97. The summed E-state index contributed by atoms with van der Waals surface area (Å²) in [4.78, 5) is 0. The van der Waals surface area contributed by atoms with Gasteiger partial charge in [-0.1, -0.05) is 121 Å². The minimum atomic E-state index is 1.18. The van der Waals surface area contributed by atoms with Gasteiger partial charge in [-0.25, -0.2) is 0 Å². The van der Waals surface area contributed by atoms with Gasteiger partial charge in [-0.15, -0.1) is 11.3 Å². The molecule has 0 bridgehead atoms. The van der Waals surface area contributed by atoms with Gasteiger partial charge in [0, 0.05) is 42.0 Å². The molecule has 0 amide bonds. The molecule has 0 spiro atoms. The zero-order valence-electron chi connectivity index (χ0n) is 21.6. The van der Waals surface area contributed by atoms with Gasteiger partial charge in [0.1, 0.15) is 0 Å². The van der Waals surface area contributed by atoms with E-state index in [0.29, 0.717) is 0 Å². The molecule has 0 fully saturated rings. The van der Waals surface area contributed by atoms with E-state index in [0.717, 1.165) is 0 Å². The van der Waals surface area contributed by atoms with E-state index in [-0.39, 0.29) is 0 Å². The summed E-state index contributed by atoms with van der Waals surface area (Å²) in [6.07, 6.45) is 0. The minimum absolute atomic E-state index is 1.18. The third-order valence-corrected chi connectivity index (χ3v) is 9.64. The number of aromatic nitrogens is 1. The van der Waals surface area contributed by atoms with Crippen LogP contribution in [0.5, 0.6) is 0 Å². The Balaban J connectivity index is 1.49. The van der Waals surface area contributed by atoms with Crippen LogP contribution < -0.4 is 0 Å². The number of hydrogen-bond donors (Lipinski definition) is 0. The molecule has 2 heterocycles. The van der Waals surface area contributed by atoms with Crippen molar-refractivity contribution >= 4 is 74.9 Å². The predicted octanol–water partition coefficient (Wildman–Crippen LogP) is 11.1. The van der Waals surface area contributed by atoms with Crippen LogP contribution in [0.3, 0.4) is 0 Å². The first-order valence-corrected chi connectivity index (χ1v) is 14.5. The molecule has 2 heteroatoms. The lowest BCUT2D eigenvalue weighted by atomic mass is 9.99. The highest BCUT2D eigenvalue weighted by molar-refractivity contribution is 7.27. The molecule has 40 heavy (non-hydrogen) atoms. The molecule has 0 unspecified atom stereocenters. The zero-order valence-corrected chi connectivity index (χ0v) is 22.5. The molecule has 0 radical (unpaired) electrons. The lowest BCUT2D eigenvalue weighted by Crippen LogP contribution is -1.94. The van der Waals surface area contributed by atoms with Gasteiger partial charge >= 0.3 is 0 Å². The van der Waals surface area contributed by atoms with Crippen molar-refractivity contribution in [3.63, 3.8) is 0 Å². The van der Waals surface area contributed by atoms with Crippen molar-refractivity contribution < 1.29 is 0 Å². The van der Waals surface area contributed by atoms with Crippen molar-refractivity contribution in [2.75, 3.05) is 0 Å². The topological polar surface area (TPSA) is 4.93 Å². The van der Waals surface area contributed by atoms with Crippen LogP contribution in [-0.2, 0) is 0 Å². The molecule has 186 valence electrons. The average molecular weight is 526 g/mol. The minimum Gasteiger partial charge on any atom is -0.309 e. The van der Waals surface area contributed by atoms with Crippen LogP contribution in [0, 0.1) is 0 Å². The molecule has 9 rings (SSSR count). The summed E-state index contributed by atoms with van der Waals surface area (Å²) in [6, 6.07) is 50.9. The molecule has 0 saturated carbocycles. The summed E-state index contributed by atoms with van der Waals surface area (Å²) in [7, 11) is 0. The second-order valence-corrected chi connectivity index (χ2v) is 11.5. The Kier molecular flexibility index (Phi) is 4.55. The first-order chi connectivity index (χ1) is 19.9. The van der Waals surface area contributed by atoms with E-state index in [2.05, 4.69) is 144 Å². The smallest absolute Gasteiger partial charge is 0.0640 e. The molecule has 0 N–H and O–H groups in total. The standard InChI is InChI=1S/C38H23NS/c1-2-10-24(11-3-1)25-18-21-27(22-19-25)39-33-17-9-8-16-31(33)34-29-14-6-7-15-30(29)38-35(36(34)39)32-23-20-26-12-4-5-13-28(26)37(32)40-38/h1-23H. The molecule has 1 nitrogen and oxygen atoms in total. The monoisotopic (exact) mass is 525 g/mol. The molecular weight excluding hydrogens is 502 g/mol. The van der Waals surface area contributed by atoms with E-state index in [9.17, 15) is 0 Å². The summed E-state index contributed by atoms with van der Waals surface area (Å²) < 4.78 is 5.22. The van der Waals surface area contributed by atoms with E-state index >= 15 is 0 Å². The van der Waals surface area contributed by atoms with Gasteiger partial charge in [0.2, 0.25) is 0 Å². The Morgan fingerprint density at radius 3 is 1.88 bits per heavy atom. The normalized spacial score (nSPS) is 12.0. The van der Waals surface area contributed by atoms with Gasteiger partial charge in [-0.2, -0.15) is 0 Å². The van der Waals surface area contributed by atoms with Crippen LogP contribution in [-0.4, -0.2) is 4.57 Å². The summed E-state index contributed by atoms with van der Waals surface area (Å²) >= 11 is 1.94. The maximum atomic E-state index is 2.50. The van der Waals surface area contributed by atoms with E-state index in [1.165, 1.54) is 80.3 Å². The molecule has 0 aliphatic carbocycles. The Bertz CT molecular complexity index is 2410. The fourth-order valence-corrected chi connectivity index (χ4v) is 7.98. The van der Waals surface area contributed by atoms with E-state index in [1.54, 1.807) is 0 Å². The summed E-state index contributed by atoms with van der Waals surface area (Å²) in [5.41, 5.74) is 6.18. The predicted molar refractivity (Wildman–Crippen MR) is 174 cm³/mol. The first-order valence-electron chi connectivity index (χ1n) is 13.7. The summed E-state index contributed by atoms with van der Waals surface area (Å²) in [5.74, 6) is 0. The quantitative estimate of drug-likeness (QED) is 0.211. The van der Waals surface area contributed by atoms with Crippen molar-refractivity contribution in [1.82, 2.24) is 4.57 Å². The van der Waals surface area contributed by atoms with Crippen molar-refractivity contribution in [1.29, 1.82) is 0 Å². The van der Waals surface area contributed by atoms with E-state index < -0.39 is 0 Å². The second-order valence-electron chi connectivity index (χ2n) is 10.5. The molecule has 0 saturated heterocycles. The SMILES string of the molecule is c1ccc(-c2ccc(-n3c4ccccc4c4c5ccccc5c5sc6c7ccccc7ccc6c5c43)cc2)cc1. The van der Waals surface area contributed by atoms with Crippen LogP contribution in [0.15, 0.2) is 140 Å². The molecular formula is C38H23NS. The van der Waals surface area contributed by atoms with Crippen LogP contribution in [0.25, 0.3) is 80.3 Å². The van der Waals surface area contributed by atoms with E-state index in [4.69, 9.17) is 0 Å². The van der Waals surface area contributed by atoms with Crippen LogP contribution >= 0.6 is 11.3 Å². The largest absolute Gasteiger partial charge is 0.309 e. The fourth-order valence-electron chi connectivity index (χ4n) is 6.60. The lowest BCUT2D eigenvalue weighted by molar-refractivity contribution is 1.19. The second kappa shape index (κ2) is 8.29. The lowest BCUT2D eigenvalue weighted by Gasteiger charge is -2.11. The van der Waals surface area contributed by atoms with Crippen molar-refractivity contribution in [2.45, 2.75) is 0 Å². The molecule has 0 aliphatic rings. The van der Waals surface area contributed by atoms with Crippen molar-refractivity contribution in [2.24, 2.45) is 0 Å². The Hall–Kier alpha value is -4.92. The van der Waals surface area contributed by atoms with Gasteiger partial charge in [0.25, 0.3) is 0 Å². The van der Waals surface area contributed by atoms with Gasteiger partial charge in [-0.3, -0.25) is 0 Å². The number of thiophene rings is 1. The number of hydrogen-bond acceptors (Lipinski definition) is 1. The van der Waals surface area contributed by atoms with E-state index in [1.807, 2.05) is 11.3 Å². The summed E-state index contributed by atoms with van der Waals surface area (Å²) in [6.45, 7) is 0. The molecule has 9 aromatic rings. The van der Waals surface area contributed by atoms with Gasteiger partial charge < -0.3 is 4.57 Å². The number of rotatable bonds is 2. The number of benzene rings is 7. The molecule has 0 aliphatic heterocycles. The molecule has 7 aromatic carbocycles. The number of nitrogens with zero attached hydrogens (tertiary/aromatic N) is 1. The third-order valence-electron chi connectivity index (χ3n) is 8.37. The number of para-hydroxylation sites is 1. The van der Waals surface area contributed by atoms with Gasteiger partial charge in [0.15, 0.2) is 0 Å². The van der Waals surface area contributed by atoms with Gasteiger partial charge in [0.05, 0.1) is 11.0 Å². The van der Waals surface area contributed by atoms with Crippen molar-refractivity contribution in [3.8, 4) is 16.8 Å². The fraction of sp³-hybridized carbons (Fsp3) is 0. The highest BCUT2D eigenvalue weighted by Crippen LogP contribution is 2.49. The Labute approximate surface area is 235 Å². The first kappa shape index (κ1) is 22.0. The maximum Gasteiger partial charge on any atom is 0.0640 e. The number of fused-ring (bicyclic) bond motifs is 12. The maximum absolute atomic E-state index is 2.50. The Morgan fingerprint density at radius 2 is 1.05 bits per heavy atom. The van der Waals surface area contributed by atoms with Crippen LogP contribution in [0.2, 0.25) is 0 Å². The molecule has 0 atom stereocenters. The highest BCUT2D eigenvalue weighted by Gasteiger charge is 2.22. The summed E-state index contributed by atoms with van der Waals surface area (Å²) in [5, 5.41) is 10.6. The Morgan fingerprint density at radius 1 is 0.400 bits per heavy atom. The van der Waals surface area contributed by atoms with Crippen LogP contribution in [0.4, 0.5) is 0 Å². The van der Waals surface area contributed by atoms with Gasteiger partial charge in [-0.05, 0) is 45.5 Å². The van der Waals surface area contributed by atoms with Crippen molar-refractivity contribution in [3.05, 3.63) is 140 Å². The molecule has 2 aromatic heterocycles.